The Morgan fingerprint density at radius 1 is 1.06 bits per heavy atom. The van der Waals surface area contributed by atoms with Crippen molar-refractivity contribution in [1.82, 2.24) is 9.97 Å². The number of H-pyrrole nitrogens is 1. The average molecular weight is 238 g/mol. The first-order valence-corrected chi connectivity index (χ1v) is 5.87. The molecule has 3 nitrogen and oxygen atoms in total. The number of aromatic nitrogens is 2. The van der Waals surface area contributed by atoms with Crippen LogP contribution in [0.15, 0.2) is 42.5 Å². The molecule has 1 aromatic heterocycles. The summed E-state index contributed by atoms with van der Waals surface area (Å²) in [6, 6.07) is 14.0. The molecule has 0 fully saturated rings. The summed E-state index contributed by atoms with van der Waals surface area (Å²) >= 11 is 0. The molecule has 0 saturated heterocycles. The number of benzene rings is 2. The number of nitrogens with zero attached hydrogens (tertiary/aromatic N) is 1. The number of fused-ring (bicyclic) bond motifs is 1. The molecule has 18 heavy (non-hydrogen) atoms. The van der Waals surface area contributed by atoms with Crippen LogP contribution in [0, 0.1) is 6.92 Å². The fourth-order valence-corrected chi connectivity index (χ4v) is 2.06. The highest BCUT2D eigenvalue weighted by atomic mass is 16.5. The fraction of sp³-hybridized carbons (Fsp3) is 0.133. The fourth-order valence-electron chi connectivity index (χ4n) is 2.06. The van der Waals surface area contributed by atoms with Crippen molar-refractivity contribution in [3.8, 4) is 17.1 Å². The first-order valence-electron chi connectivity index (χ1n) is 5.87. The number of aryl methyl sites for hydroxylation is 1. The van der Waals surface area contributed by atoms with Crippen molar-refractivity contribution < 1.29 is 4.74 Å². The SMILES string of the molecule is COc1ccc(-c2nc3c(C)cccc3[nH]2)cc1. The first-order chi connectivity index (χ1) is 8.78. The van der Waals surface area contributed by atoms with Crippen LogP contribution in [0.25, 0.3) is 22.4 Å². The molecule has 0 aliphatic heterocycles. The zero-order valence-electron chi connectivity index (χ0n) is 10.4. The van der Waals surface area contributed by atoms with Crippen molar-refractivity contribution in [2.45, 2.75) is 6.92 Å². The van der Waals surface area contributed by atoms with Gasteiger partial charge in [0.15, 0.2) is 0 Å². The van der Waals surface area contributed by atoms with E-state index in [1.54, 1.807) is 7.11 Å². The summed E-state index contributed by atoms with van der Waals surface area (Å²) in [4.78, 5) is 7.98. The molecular weight excluding hydrogens is 224 g/mol. The lowest BCUT2D eigenvalue weighted by atomic mass is 10.2. The smallest absolute Gasteiger partial charge is 0.138 e. The lowest BCUT2D eigenvalue weighted by molar-refractivity contribution is 0.415. The highest BCUT2D eigenvalue weighted by Crippen LogP contribution is 2.24. The largest absolute Gasteiger partial charge is 0.497 e. The van der Waals surface area contributed by atoms with Gasteiger partial charge in [-0.05, 0) is 42.8 Å². The standard InChI is InChI=1S/C15H14N2O/c1-10-4-3-5-13-14(10)17-15(16-13)11-6-8-12(18-2)9-7-11/h3-9H,1-2H3,(H,16,17). The van der Waals surface area contributed by atoms with E-state index in [-0.39, 0.29) is 0 Å². The van der Waals surface area contributed by atoms with E-state index in [1.165, 1.54) is 5.56 Å². The highest BCUT2D eigenvalue weighted by molar-refractivity contribution is 5.82. The molecule has 0 saturated carbocycles. The maximum Gasteiger partial charge on any atom is 0.138 e. The number of nitrogens with one attached hydrogen (secondary N) is 1. The number of hydrogen-bond donors (Lipinski definition) is 1. The summed E-state index contributed by atoms with van der Waals surface area (Å²) in [6.07, 6.45) is 0. The zero-order valence-corrected chi connectivity index (χ0v) is 10.4. The van der Waals surface area contributed by atoms with Crippen LogP contribution in [0.3, 0.4) is 0 Å². The van der Waals surface area contributed by atoms with Crippen LogP contribution in [-0.4, -0.2) is 17.1 Å². The van der Waals surface area contributed by atoms with E-state index in [4.69, 9.17) is 4.74 Å². The van der Waals surface area contributed by atoms with E-state index in [2.05, 4.69) is 23.0 Å². The van der Waals surface area contributed by atoms with E-state index in [1.807, 2.05) is 36.4 Å². The van der Waals surface area contributed by atoms with Gasteiger partial charge < -0.3 is 9.72 Å². The molecule has 1 heterocycles. The van der Waals surface area contributed by atoms with E-state index < -0.39 is 0 Å². The summed E-state index contributed by atoms with van der Waals surface area (Å²) in [7, 11) is 1.67. The number of aromatic amines is 1. The molecule has 90 valence electrons. The Morgan fingerprint density at radius 3 is 2.50 bits per heavy atom. The van der Waals surface area contributed by atoms with Crippen LogP contribution < -0.4 is 4.74 Å². The van der Waals surface area contributed by atoms with E-state index in [0.29, 0.717) is 0 Å². The summed E-state index contributed by atoms with van der Waals surface area (Å²) in [5.74, 6) is 1.74. The minimum atomic E-state index is 0.853. The number of imidazole rings is 1. The second kappa shape index (κ2) is 4.18. The summed E-state index contributed by atoms with van der Waals surface area (Å²) in [5, 5.41) is 0. The van der Waals surface area contributed by atoms with Crippen molar-refractivity contribution in [3.05, 3.63) is 48.0 Å². The van der Waals surface area contributed by atoms with Gasteiger partial charge in [-0.3, -0.25) is 0 Å². The van der Waals surface area contributed by atoms with Crippen LogP contribution >= 0.6 is 0 Å². The number of rotatable bonds is 2. The lowest BCUT2D eigenvalue weighted by Gasteiger charge is -2.00. The molecule has 3 aromatic rings. The Labute approximate surface area is 105 Å². The molecule has 0 bridgehead atoms. The minimum absolute atomic E-state index is 0.853. The molecule has 0 aliphatic carbocycles. The van der Waals surface area contributed by atoms with Crippen LogP contribution in [0.1, 0.15) is 5.56 Å². The molecule has 0 atom stereocenters. The number of methoxy groups -OCH3 is 1. The lowest BCUT2D eigenvalue weighted by Crippen LogP contribution is -1.83. The van der Waals surface area contributed by atoms with Gasteiger partial charge >= 0.3 is 0 Å². The molecule has 0 radical (unpaired) electrons. The number of ether oxygens (including phenoxy) is 1. The maximum absolute atomic E-state index is 5.15. The number of hydrogen-bond acceptors (Lipinski definition) is 2. The van der Waals surface area contributed by atoms with Crippen LogP contribution in [0.4, 0.5) is 0 Å². The molecule has 3 rings (SSSR count). The van der Waals surface area contributed by atoms with Crippen LogP contribution in [0.5, 0.6) is 5.75 Å². The van der Waals surface area contributed by atoms with Crippen LogP contribution in [-0.2, 0) is 0 Å². The van der Waals surface area contributed by atoms with Gasteiger partial charge in [-0.25, -0.2) is 4.98 Å². The molecule has 1 N–H and O–H groups in total. The third-order valence-corrected chi connectivity index (χ3v) is 3.08. The van der Waals surface area contributed by atoms with E-state index >= 15 is 0 Å². The maximum atomic E-state index is 5.15. The van der Waals surface area contributed by atoms with Gasteiger partial charge in [-0.1, -0.05) is 12.1 Å². The summed E-state index contributed by atoms with van der Waals surface area (Å²) < 4.78 is 5.15. The molecule has 0 unspecified atom stereocenters. The van der Waals surface area contributed by atoms with Gasteiger partial charge in [0, 0.05) is 5.56 Å². The van der Waals surface area contributed by atoms with Crippen molar-refractivity contribution in [3.63, 3.8) is 0 Å². The van der Waals surface area contributed by atoms with Gasteiger partial charge in [0.25, 0.3) is 0 Å². The zero-order chi connectivity index (χ0) is 12.5. The van der Waals surface area contributed by atoms with E-state index in [9.17, 15) is 0 Å². The molecule has 2 aromatic carbocycles. The first kappa shape index (κ1) is 10.8. The topological polar surface area (TPSA) is 37.9 Å². The predicted molar refractivity (Wildman–Crippen MR) is 72.8 cm³/mol. The number of para-hydroxylation sites is 1. The third kappa shape index (κ3) is 1.74. The molecular formula is C15H14N2O. The molecule has 3 heteroatoms. The van der Waals surface area contributed by atoms with Crippen molar-refractivity contribution in [2.24, 2.45) is 0 Å². The average Bonchev–Trinajstić information content (AvgIpc) is 2.84. The van der Waals surface area contributed by atoms with Gasteiger partial charge in [0.05, 0.1) is 18.1 Å². The normalized spacial score (nSPS) is 10.8. The molecule has 0 aliphatic rings. The molecule has 0 spiro atoms. The Balaban J connectivity index is 2.10. The van der Waals surface area contributed by atoms with Crippen LogP contribution in [0.2, 0.25) is 0 Å². The highest BCUT2D eigenvalue weighted by Gasteiger charge is 2.06. The Morgan fingerprint density at radius 2 is 1.83 bits per heavy atom. The third-order valence-electron chi connectivity index (χ3n) is 3.08. The van der Waals surface area contributed by atoms with Crippen molar-refractivity contribution >= 4 is 11.0 Å². The monoisotopic (exact) mass is 238 g/mol. The quantitative estimate of drug-likeness (QED) is 0.741. The Kier molecular flexibility index (Phi) is 2.52. The van der Waals surface area contributed by atoms with Gasteiger partial charge in [-0.2, -0.15) is 0 Å². The minimum Gasteiger partial charge on any atom is -0.497 e. The second-order valence-corrected chi connectivity index (χ2v) is 4.28. The van der Waals surface area contributed by atoms with Gasteiger partial charge in [0.1, 0.15) is 11.6 Å². The summed E-state index contributed by atoms with van der Waals surface area (Å²) in [6.45, 7) is 2.07. The van der Waals surface area contributed by atoms with Gasteiger partial charge in [-0.15, -0.1) is 0 Å². The predicted octanol–water partition coefficient (Wildman–Crippen LogP) is 3.55. The summed E-state index contributed by atoms with van der Waals surface area (Å²) in [5.41, 5.74) is 4.35. The van der Waals surface area contributed by atoms with Crippen molar-refractivity contribution in [1.29, 1.82) is 0 Å². The Hall–Kier alpha value is -2.29. The van der Waals surface area contributed by atoms with Gasteiger partial charge in [0.2, 0.25) is 0 Å². The molecule has 0 amide bonds. The van der Waals surface area contributed by atoms with Crippen molar-refractivity contribution in [2.75, 3.05) is 7.11 Å². The Bertz CT molecular complexity index is 683. The second-order valence-electron chi connectivity index (χ2n) is 4.28. The van der Waals surface area contributed by atoms with E-state index in [0.717, 1.165) is 28.2 Å².